The Kier molecular flexibility index (Phi) is 4.35. The van der Waals surface area contributed by atoms with E-state index in [1.807, 2.05) is 0 Å². The maximum Gasteiger partial charge on any atom is 0.318 e. The van der Waals surface area contributed by atoms with Crippen molar-refractivity contribution >= 4 is 23.6 Å². The van der Waals surface area contributed by atoms with Crippen molar-refractivity contribution < 1.29 is 28.3 Å². The van der Waals surface area contributed by atoms with E-state index in [9.17, 15) is 23.6 Å². The summed E-state index contributed by atoms with van der Waals surface area (Å²) in [4.78, 5) is 48.5. The molecule has 0 radical (unpaired) electrons. The molecule has 0 aromatic heterocycles. The summed E-state index contributed by atoms with van der Waals surface area (Å²) in [6.07, 6.45) is 0. The van der Waals surface area contributed by atoms with Gasteiger partial charge in [0, 0.05) is 6.54 Å². The standard InChI is InChI=1S/C15H14FNO5/c1-3-22-15(21)12(8(2)18)7-17-13(19)10-5-4-9(16)6-11(10)14(17)20/h4-6,12H,3,7H2,1-2H3/t12-/m1/s1. The number of amides is 2. The number of Topliss-reactive ketones (excluding diaryl/α,β-unsaturated/α-hetero) is 1. The topological polar surface area (TPSA) is 80.8 Å². The zero-order valence-corrected chi connectivity index (χ0v) is 12.1. The lowest BCUT2D eigenvalue weighted by atomic mass is 10.1. The summed E-state index contributed by atoms with van der Waals surface area (Å²) in [6.45, 7) is 2.43. The van der Waals surface area contributed by atoms with Crippen molar-refractivity contribution in [2.45, 2.75) is 13.8 Å². The van der Waals surface area contributed by atoms with E-state index >= 15 is 0 Å². The second-order valence-corrected chi connectivity index (χ2v) is 4.83. The van der Waals surface area contributed by atoms with E-state index < -0.39 is 41.8 Å². The number of hydrogen-bond acceptors (Lipinski definition) is 5. The van der Waals surface area contributed by atoms with Gasteiger partial charge >= 0.3 is 5.97 Å². The van der Waals surface area contributed by atoms with Gasteiger partial charge in [0.05, 0.1) is 17.7 Å². The first kappa shape index (κ1) is 15.8. The van der Waals surface area contributed by atoms with Crippen LogP contribution in [-0.4, -0.2) is 41.6 Å². The fourth-order valence-electron chi connectivity index (χ4n) is 2.22. The first-order valence-electron chi connectivity index (χ1n) is 6.69. The Labute approximate surface area is 125 Å². The van der Waals surface area contributed by atoms with Gasteiger partial charge in [0.15, 0.2) is 0 Å². The third-order valence-corrected chi connectivity index (χ3v) is 3.36. The van der Waals surface area contributed by atoms with Gasteiger partial charge in [0.2, 0.25) is 0 Å². The molecule has 0 unspecified atom stereocenters. The van der Waals surface area contributed by atoms with Crippen molar-refractivity contribution in [1.82, 2.24) is 4.90 Å². The van der Waals surface area contributed by atoms with Crippen molar-refractivity contribution in [3.05, 3.63) is 35.1 Å². The summed E-state index contributed by atoms with van der Waals surface area (Å²) < 4.78 is 18.0. The van der Waals surface area contributed by atoms with E-state index in [2.05, 4.69) is 0 Å². The van der Waals surface area contributed by atoms with E-state index in [0.717, 1.165) is 17.0 Å². The van der Waals surface area contributed by atoms with E-state index in [-0.39, 0.29) is 17.7 Å². The number of fused-ring (bicyclic) bond motifs is 1. The van der Waals surface area contributed by atoms with Crippen LogP contribution in [-0.2, 0) is 14.3 Å². The number of rotatable bonds is 5. The molecular weight excluding hydrogens is 293 g/mol. The van der Waals surface area contributed by atoms with Gasteiger partial charge in [-0.2, -0.15) is 0 Å². The summed E-state index contributed by atoms with van der Waals surface area (Å²) in [5, 5.41) is 0. The van der Waals surface area contributed by atoms with Crippen molar-refractivity contribution in [2.24, 2.45) is 5.92 Å². The van der Waals surface area contributed by atoms with Crippen LogP contribution in [0.1, 0.15) is 34.6 Å². The van der Waals surface area contributed by atoms with Crippen LogP contribution in [0.4, 0.5) is 4.39 Å². The Morgan fingerprint density at radius 2 is 1.86 bits per heavy atom. The van der Waals surface area contributed by atoms with Crippen molar-refractivity contribution in [3.63, 3.8) is 0 Å². The number of nitrogens with zero attached hydrogens (tertiary/aromatic N) is 1. The highest BCUT2D eigenvalue weighted by Crippen LogP contribution is 2.24. The zero-order chi connectivity index (χ0) is 16.4. The van der Waals surface area contributed by atoms with Crippen molar-refractivity contribution in [3.8, 4) is 0 Å². The minimum atomic E-state index is -1.24. The molecule has 1 aromatic rings. The number of halogens is 1. The fraction of sp³-hybridized carbons (Fsp3) is 0.333. The Morgan fingerprint density at radius 3 is 2.45 bits per heavy atom. The number of ether oxygens (including phenoxy) is 1. The molecule has 0 N–H and O–H groups in total. The first-order chi connectivity index (χ1) is 10.4. The fourth-order valence-corrected chi connectivity index (χ4v) is 2.22. The summed E-state index contributed by atoms with van der Waals surface area (Å²) >= 11 is 0. The molecule has 0 aliphatic carbocycles. The van der Waals surface area contributed by atoms with Gasteiger partial charge in [0.1, 0.15) is 17.5 Å². The third kappa shape index (κ3) is 2.74. The van der Waals surface area contributed by atoms with Gasteiger partial charge in [-0.25, -0.2) is 4.39 Å². The Bertz CT molecular complexity index is 670. The molecule has 6 nitrogen and oxygen atoms in total. The van der Waals surface area contributed by atoms with Crippen molar-refractivity contribution in [2.75, 3.05) is 13.2 Å². The molecule has 2 rings (SSSR count). The first-order valence-corrected chi connectivity index (χ1v) is 6.69. The Balaban J connectivity index is 2.27. The molecule has 0 fully saturated rings. The van der Waals surface area contributed by atoms with Gasteiger partial charge in [-0.05, 0) is 32.0 Å². The molecular formula is C15H14FNO5. The van der Waals surface area contributed by atoms with Crippen LogP contribution >= 0.6 is 0 Å². The van der Waals surface area contributed by atoms with Crippen LogP contribution in [0.25, 0.3) is 0 Å². The molecule has 0 saturated carbocycles. The number of carbonyl (C=O) groups excluding carboxylic acids is 4. The van der Waals surface area contributed by atoms with Crippen LogP contribution in [0.5, 0.6) is 0 Å². The van der Waals surface area contributed by atoms with Crippen molar-refractivity contribution in [1.29, 1.82) is 0 Å². The highest BCUT2D eigenvalue weighted by molar-refractivity contribution is 6.21. The second kappa shape index (κ2) is 6.05. The lowest BCUT2D eigenvalue weighted by molar-refractivity contribution is -0.151. The quantitative estimate of drug-likeness (QED) is 0.464. The normalized spacial score (nSPS) is 14.8. The average Bonchev–Trinajstić information content (AvgIpc) is 2.68. The number of ketones is 1. The molecule has 2 amide bonds. The molecule has 116 valence electrons. The summed E-state index contributed by atoms with van der Waals surface area (Å²) in [5.74, 6) is -4.58. The highest BCUT2D eigenvalue weighted by atomic mass is 19.1. The monoisotopic (exact) mass is 307 g/mol. The van der Waals surface area contributed by atoms with Gasteiger partial charge in [-0.3, -0.25) is 24.1 Å². The minimum Gasteiger partial charge on any atom is -0.465 e. The number of benzene rings is 1. The number of hydrogen-bond donors (Lipinski definition) is 0. The van der Waals surface area contributed by atoms with Crippen LogP contribution in [0.15, 0.2) is 18.2 Å². The van der Waals surface area contributed by atoms with E-state index in [1.54, 1.807) is 6.92 Å². The molecule has 22 heavy (non-hydrogen) atoms. The van der Waals surface area contributed by atoms with E-state index in [0.29, 0.717) is 0 Å². The van der Waals surface area contributed by atoms with Crippen LogP contribution in [0, 0.1) is 11.7 Å². The lowest BCUT2D eigenvalue weighted by Crippen LogP contribution is -2.40. The lowest BCUT2D eigenvalue weighted by Gasteiger charge is -2.19. The smallest absolute Gasteiger partial charge is 0.318 e. The summed E-state index contributed by atoms with van der Waals surface area (Å²) in [5.41, 5.74) is -0.0197. The number of esters is 1. The minimum absolute atomic E-state index is 0.0533. The maximum absolute atomic E-state index is 13.2. The third-order valence-electron chi connectivity index (χ3n) is 3.36. The highest BCUT2D eigenvalue weighted by Gasteiger charge is 2.39. The van der Waals surface area contributed by atoms with Gasteiger partial charge in [0.25, 0.3) is 11.8 Å². The summed E-state index contributed by atoms with van der Waals surface area (Å²) in [7, 11) is 0. The van der Waals surface area contributed by atoms with E-state index in [1.165, 1.54) is 13.0 Å². The molecule has 1 atom stereocenters. The predicted octanol–water partition coefficient (Wildman–Crippen LogP) is 1.19. The molecule has 1 aliphatic rings. The Morgan fingerprint density at radius 1 is 1.23 bits per heavy atom. The van der Waals surface area contributed by atoms with Crippen LogP contribution in [0.2, 0.25) is 0 Å². The molecule has 1 aliphatic heterocycles. The SMILES string of the molecule is CCOC(=O)[C@H](CN1C(=O)c2ccc(F)cc2C1=O)C(C)=O. The molecule has 1 heterocycles. The molecule has 0 spiro atoms. The van der Waals surface area contributed by atoms with Crippen LogP contribution in [0.3, 0.4) is 0 Å². The molecule has 0 saturated heterocycles. The Hall–Kier alpha value is -2.57. The second-order valence-electron chi connectivity index (χ2n) is 4.83. The zero-order valence-electron chi connectivity index (χ0n) is 12.1. The summed E-state index contributed by atoms with van der Waals surface area (Å²) in [6, 6.07) is 3.24. The van der Waals surface area contributed by atoms with Gasteiger partial charge in [-0.1, -0.05) is 0 Å². The van der Waals surface area contributed by atoms with E-state index in [4.69, 9.17) is 4.74 Å². The average molecular weight is 307 g/mol. The molecule has 0 bridgehead atoms. The van der Waals surface area contributed by atoms with Gasteiger partial charge in [-0.15, -0.1) is 0 Å². The number of carbonyl (C=O) groups is 4. The molecule has 1 aromatic carbocycles. The maximum atomic E-state index is 13.2. The van der Waals surface area contributed by atoms with Gasteiger partial charge < -0.3 is 4.74 Å². The number of imide groups is 1. The largest absolute Gasteiger partial charge is 0.465 e. The molecule has 7 heteroatoms. The van der Waals surface area contributed by atoms with Crippen LogP contribution < -0.4 is 0 Å². The predicted molar refractivity (Wildman–Crippen MR) is 72.6 cm³/mol.